The minimum Gasteiger partial charge on any atom is -0.486 e. The fraction of sp³-hybridized carbons (Fsp3) is 0.200. The van der Waals surface area contributed by atoms with E-state index in [2.05, 4.69) is 20.8 Å². The number of ether oxygens (including phenoxy) is 2. The number of carbonyl (C=O) groups is 2. The minimum atomic E-state index is -1.06. The lowest BCUT2D eigenvalue weighted by molar-refractivity contribution is -0.139. The van der Waals surface area contributed by atoms with Crippen molar-refractivity contribution in [3.05, 3.63) is 81.8 Å². The van der Waals surface area contributed by atoms with Gasteiger partial charge in [0.25, 0.3) is 5.91 Å². The number of carbonyl (C=O) groups excluding carboxylic acids is 1. The molecule has 1 aliphatic heterocycles. The SMILES string of the molecule is O=C(O)COc1cccc2c1OCCN2CCN(C(=O)c1ccccc1Cl)c1ccc(Br)cc1. The summed E-state index contributed by atoms with van der Waals surface area (Å²) in [5.74, 6) is -0.377. The van der Waals surface area contributed by atoms with Crippen LogP contribution in [-0.4, -0.2) is 49.8 Å². The summed E-state index contributed by atoms with van der Waals surface area (Å²) in [4.78, 5) is 28.2. The molecule has 0 bridgehead atoms. The number of nitrogens with zero attached hydrogens (tertiary/aromatic N) is 2. The molecule has 0 radical (unpaired) electrons. The maximum atomic E-state index is 13.5. The van der Waals surface area contributed by atoms with E-state index >= 15 is 0 Å². The van der Waals surface area contributed by atoms with Crippen LogP contribution >= 0.6 is 27.5 Å². The van der Waals surface area contributed by atoms with Gasteiger partial charge < -0.3 is 24.4 Å². The summed E-state index contributed by atoms with van der Waals surface area (Å²) in [5, 5.41) is 9.34. The number of aliphatic carboxylic acids is 1. The van der Waals surface area contributed by atoms with Crippen molar-refractivity contribution in [2.75, 3.05) is 42.6 Å². The number of benzene rings is 3. The monoisotopic (exact) mass is 544 g/mol. The van der Waals surface area contributed by atoms with Gasteiger partial charge in [-0.05, 0) is 48.5 Å². The molecule has 0 saturated carbocycles. The predicted molar refractivity (Wildman–Crippen MR) is 135 cm³/mol. The van der Waals surface area contributed by atoms with Gasteiger partial charge in [0.05, 0.1) is 22.8 Å². The van der Waals surface area contributed by atoms with E-state index < -0.39 is 12.6 Å². The summed E-state index contributed by atoms with van der Waals surface area (Å²) in [7, 11) is 0. The van der Waals surface area contributed by atoms with Crippen LogP contribution in [0.25, 0.3) is 0 Å². The molecule has 1 aliphatic rings. The molecule has 0 saturated heterocycles. The standard InChI is InChI=1S/C25H22BrClN2O5/c26-17-8-10-18(11-9-17)29(25(32)19-4-1-2-5-20(19)27)13-12-28-14-15-33-24-21(28)6-3-7-22(24)34-16-23(30)31/h1-11H,12-16H2,(H,30,31). The van der Waals surface area contributed by atoms with Crippen LogP contribution in [0.5, 0.6) is 11.5 Å². The van der Waals surface area contributed by atoms with Crippen LogP contribution in [-0.2, 0) is 4.79 Å². The van der Waals surface area contributed by atoms with Gasteiger partial charge in [-0.25, -0.2) is 4.79 Å². The molecule has 9 heteroatoms. The van der Waals surface area contributed by atoms with Crippen molar-refractivity contribution in [3.63, 3.8) is 0 Å². The van der Waals surface area contributed by atoms with E-state index in [0.717, 1.165) is 15.8 Å². The van der Waals surface area contributed by atoms with Crippen LogP contribution in [0.2, 0.25) is 5.02 Å². The Labute approximate surface area is 210 Å². The molecule has 1 amide bonds. The van der Waals surface area contributed by atoms with Gasteiger partial charge in [-0.3, -0.25) is 4.79 Å². The zero-order chi connectivity index (χ0) is 24.1. The van der Waals surface area contributed by atoms with Crippen LogP contribution in [0.3, 0.4) is 0 Å². The van der Waals surface area contributed by atoms with Gasteiger partial charge in [0.2, 0.25) is 0 Å². The minimum absolute atomic E-state index is 0.194. The van der Waals surface area contributed by atoms with E-state index in [9.17, 15) is 9.59 Å². The summed E-state index contributed by atoms with van der Waals surface area (Å²) in [6.07, 6.45) is 0. The average Bonchev–Trinajstić information content (AvgIpc) is 2.84. The number of hydrogen-bond acceptors (Lipinski definition) is 5. The van der Waals surface area contributed by atoms with Gasteiger partial charge in [-0.2, -0.15) is 0 Å². The van der Waals surface area contributed by atoms with Crippen LogP contribution in [0.1, 0.15) is 10.4 Å². The first-order valence-electron chi connectivity index (χ1n) is 10.6. The summed E-state index contributed by atoms with van der Waals surface area (Å²) < 4.78 is 12.1. The number of rotatable bonds is 8. The van der Waals surface area contributed by atoms with E-state index in [1.165, 1.54) is 0 Å². The van der Waals surface area contributed by atoms with E-state index in [1.54, 1.807) is 41.3 Å². The smallest absolute Gasteiger partial charge is 0.341 e. The average molecular weight is 546 g/mol. The molecule has 0 fully saturated rings. The van der Waals surface area contributed by atoms with E-state index in [0.29, 0.717) is 48.3 Å². The number of hydrogen-bond donors (Lipinski definition) is 1. The van der Waals surface area contributed by atoms with Gasteiger partial charge in [0.1, 0.15) is 6.61 Å². The highest BCUT2D eigenvalue weighted by atomic mass is 79.9. The zero-order valence-corrected chi connectivity index (χ0v) is 20.5. The molecular formula is C25H22BrClN2O5. The molecule has 0 spiro atoms. The second kappa shape index (κ2) is 10.8. The first-order valence-corrected chi connectivity index (χ1v) is 11.8. The quantitative estimate of drug-likeness (QED) is 0.424. The summed E-state index contributed by atoms with van der Waals surface area (Å²) >= 11 is 9.76. The molecule has 1 N–H and O–H groups in total. The molecule has 3 aromatic rings. The molecule has 34 heavy (non-hydrogen) atoms. The van der Waals surface area contributed by atoms with E-state index in [1.807, 2.05) is 30.3 Å². The van der Waals surface area contributed by atoms with Gasteiger partial charge >= 0.3 is 5.97 Å². The molecule has 0 aromatic heterocycles. The number of carboxylic acids is 1. The number of anilines is 2. The van der Waals surface area contributed by atoms with Crippen LogP contribution in [0.4, 0.5) is 11.4 Å². The van der Waals surface area contributed by atoms with Crippen molar-refractivity contribution in [1.29, 1.82) is 0 Å². The van der Waals surface area contributed by atoms with E-state index in [4.69, 9.17) is 26.2 Å². The predicted octanol–water partition coefficient (Wildman–Crippen LogP) is 5.11. The van der Waals surface area contributed by atoms with Crippen LogP contribution < -0.4 is 19.3 Å². The Kier molecular flexibility index (Phi) is 7.59. The van der Waals surface area contributed by atoms with Gasteiger partial charge in [0, 0.05) is 23.2 Å². The summed E-state index contributed by atoms with van der Waals surface area (Å²) in [5.41, 5.74) is 1.97. The Hall–Kier alpha value is -3.23. The van der Waals surface area contributed by atoms with Crippen molar-refractivity contribution in [2.24, 2.45) is 0 Å². The van der Waals surface area contributed by atoms with Crippen molar-refractivity contribution in [3.8, 4) is 11.5 Å². The third kappa shape index (κ3) is 5.46. The molecule has 7 nitrogen and oxygen atoms in total. The Morgan fingerprint density at radius 2 is 1.85 bits per heavy atom. The Morgan fingerprint density at radius 3 is 2.59 bits per heavy atom. The first-order chi connectivity index (χ1) is 16.4. The maximum Gasteiger partial charge on any atom is 0.341 e. The highest BCUT2D eigenvalue weighted by molar-refractivity contribution is 9.10. The third-order valence-corrected chi connectivity index (χ3v) is 6.20. The topological polar surface area (TPSA) is 79.3 Å². The number of para-hydroxylation sites is 1. The number of amides is 1. The zero-order valence-electron chi connectivity index (χ0n) is 18.1. The first kappa shape index (κ1) is 23.9. The fourth-order valence-electron chi connectivity index (χ4n) is 3.73. The lowest BCUT2D eigenvalue weighted by atomic mass is 10.1. The highest BCUT2D eigenvalue weighted by Gasteiger charge is 2.25. The second-order valence-electron chi connectivity index (χ2n) is 7.54. The fourth-order valence-corrected chi connectivity index (χ4v) is 4.21. The largest absolute Gasteiger partial charge is 0.486 e. The molecule has 176 valence electrons. The molecular weight excluding hydrogens is 524 g/mol. The molecule has 0 atom stereocenters. The summed E-state index contributed by atoms with van der Waals surface area (Å²) in [6, 6.07) is 19.9. The molecule has 0 aliphatic carbocycles. The van der Waals surface area contributed by atoms with E-state index in [-0.39, 0.29) is 5.91 Å². The molecule has 3 aromatic carbocycles. The molecule has 1 heterocycles. The summed E-state index contributed by atoms with van der Waals surface area (Å²) in [6.45, 7) is 1.49. The van der Waals surface area contributed by atoms with Crippen molar-refractivity contribution in [2.45, 2.75) is 0 Å². The second-order valence-corrected chi connectivity index (χ2v) is 8.86. The number of fused-ring (bicyclic) bond motifs is 1. The lowest BCUT2D eigenvalue weighted by Crippen LogP contribution is -2.42. The normalized spacial score (nSPS) is 12.5. The Morgan fingerprint density at radius 1 is 1.09 bits per heavy atom. The van der Waals surface area contributed by atoms with Gasteiger partial charge in [-0.15, -0.1) is 0 Å². The lowest BCUT2D eigenvalue weighted by Gasteiger charge is -2.34. The van der Waals surface area contributed by atoms with Crippen LogP contribution in [0, 0.1) is 0 Å². The van der Waals surface area contributed by atoms with Crippen molar-refractivity contribution in [1.82, 2.24) is 0 Å². The third-order valence-electron chi connectivity index (χ3n) is 5.34. The van der Waals surface area contributed by atoms with Gasteiger partial charge in [0.15, 0.2) is 18.1 Å². The van der Waals surface area contributed by atoms with Crippen molar-refractivity contribution >= 4 is 50.8 Å². The van der Waals surface area contributed by atoms with Crippen molar-refractivity contribution < 1.29 is 24.2 Å². The highest BCUT2D eigenvalue weighted by Crippen LogP contribution is 2.40. The maximum absolute atomic E-state index is 13.5. The Bertz CT molecular complexity index is 1190. The number of halogens is 2. The Balaban J connectivity index is 1.59. The van der Waals surface area contributed by atoms with Crippen LogP contribution in [0.15, 0.2) is 71.2 Å². The number of carboxylic acid groups (broad SMARTS) is 1. The van der Waals surface area contributed by atoms with Gasteiger partial charge in [-0.1, -0.05) is 45.7 Å². The molecule has 0 unspecified atom stereocenters. The molecule has 4 rings (SSSR count).